The normalized spacial score (nSPS) is 9.47. The Labute approximate surface area is 101 Å². The van der Waals surface area contributed by atoms with E-state index in [9.17, 15) is 13.2 Å². The summed E-state index contributed by atoms with van der Waals surface area (Å²) in [7, 11) is 1.36. The van der Waals surface area contributed by atoms with Crippen LogP contribution in [0.3, 0.4) is 0 Å². The summed E-state index contributed by atoms with van der Waals surface area (Å²) >= 11 is 0. The summed E-state index contributed by atoms with van der Waals surface area (Å²) in [6.45, 7) is 9.51. The van der Waals surface area contributed by atoms with Gasteiger partial charge in [-0.25, -0.2) is 4.98 Å². The summed E-state index contributed by atoms with van der Waals surface area (Å²) < 4.78 is 41.1. The first-order valence-corrected chi connectivity index (χ1v) is 5.53. The second-order valence-electron chi connectivity index (χ2n) is 2.55. The molecule has 0 saturated carbocycles. The Balaban J connectivity index is 0. The van der Waals surface area contributed by atoms with Crippen molar-refractivity contribution < 1.29 is 17.9 Å². The lowest BCUT2D eigenvalue weighted by molar-refractivity contribution is -0.137. The number of hydrogen-bond acceptors (Lipinski definition) is 2. The molecule has 0 fully saturated rings. The molecule has 1 aromatic heterocycles. The van der Waals surface area contributed by atoms with Crippen LogP contribution in [-0.2, 0) is 6.18 Å². The predicted molar refractivity (Wildman–Crippen MR) is 63.2 cm³/mol. The maximum absolute atomic E-state index is 12.1. The summed E-state index contributed by atoms with van der Waals surface area (Å²) in [5.74, 6) is 0.216. The molecule has 0 aliphatic carbocycles. The lowest BCUT2D eigenvalue weighted by atomic mass is 10.2. The highest BCUT2D eigenvalue weighted by Gasteiger charge is 2.31. The average molecular weight is 251 g/mol. The molecule has 0 radical (unpaired) electrons. The Kier molecular flexibility index (Phi) is 9.42. The molecule has 2 nitrogen and oxygen atoms in total. The van der Waals surface area contributed by atoms with E-state index in [1.807, 2.05) is 27.7 Å². The van der Waals surface area contributed by atoms with Crippen LogP contribution in [0.25, 0.3) is 0 Å². The van der Waals surface area contributed by atoms with E-state index in [4.69, 9.17) is 4.74 Å². The highest BCUT2D eigenvalue weighted by atomic mass is 19.4. The van der Waals surface area contributed by atoms with Crippen molar-refractivity contribution in [1.82, 2.24) is 4.98 Å². The number of aryl methyl sites for hydroxylation is 1. The van der Waals surface area contributed by atoms with E-state index in [1.165, 1.54) is 14.0 Å². The van der Waals surface area contributed by atoms with Crippen molar-refractivity contribution in [3.63, 3.8) is 0 Å². The number of nitrogens with zero attached hydrogens (tertiary/aromatic N) is 1. The van der Waals surface area contributed by atoms with Crippen LogP contribution in [0.5, 0.6) is 5.88 Å². The third kappa shape index (κ3) is 6.14. The number of halogens is 3. The molecule has 17 heavy (non-hydrogen) atoms. The predicted octanol–water partition coefficient (Wildman–Crippen LogP) is 4.47. The van der Waals surface area contributed by atoms with Gasteiger partial charge in [0.1, 0.15) is 0 Å². The van der Waals surface area contributed by atoms with Crippen LogP contribution in [0.15, 0.2) is 12.3 Å². The van der Waals surface area contributed by atoms with Gasteiger partial charge in [0.15, 0.2) is 0 Å². The molecule has 0 aromatic carbocycles. The van der Waals surface area contributed by atoms with Crippen LogP contribution >= 0.6 is 0 Å². The number of methoxy groups -OCH3 is 1. The summed E-state index contributed by atoms with van der Waals surface area (Å²) in [5.41, 5.74) is -0.386. The number of ether oxygens (including phenoxy) is 1. The number of alkyl halides is 3. The van der Waals surface area contributed by atoms with Crippen molar-refractivity contribution in [2.45, 2.75) is 40.8 Å². The van der Waals surface area contributed by atoms with E-state index in [0.717, 1.165) is 12.3 Å². The van der Waals surface area contributed by atoms with Crippen LogP contribution in [0.2, 0.25) is 0 Å². The Morgan fingerprint density at radius 3 is 1.88 bits per heavy atom. The second-order valence-corrected chi connectivity index (χ2v) is 2.55. The highest BCUT2D eigenvalue weighted by Crippen LogP contribution is 2.30. The molecule has 0 atom stereocenters. The zero-order chi connectivity index (χ0) is 14.1. The minimum atomic E-state index is -4.34. The molecule has 0 unspecified atom stereocenters. The molecule has 0 amide bonds. The van der Waals surface area contributed by atoms with Gasteiger partial charge in [-0.3, -0.25) is 0 Å². The molecule has 1 aromatic rings. The molecule has 0 saturated heterocycles. The summed E-state index contributed by atoms with van der Waals surface area (Å²) in [6.07, 6.45) is -3.59. The van der Waals surface area contributed by atoms with Crippen molar-refractivity contribution in [2.24, 2.45) is 0 Å². The summed E-state index contributed by atoms with van der Waals surface area (Å²) in [6, 6.07) is 1.01. The standard InChI is InChI=1S/C8H8F3NO.2C2H6/c1-5-3-6(8(9,10)11)4-12-7(5)13-2;2*1-2/h3-4H,1-2H3;2*1-2H3. The Morgan fingerprint density at radius 2 is 1.59 bits per heavy atom. The van der Waals surface area contributed by atoms with E-state index in [0.29, 0.717) is 5.56 Å². The molecule has 1 heterocycles. The van der Waals surface area contributed by atoms with Crippen LogP contribution in [0.1, 0.15) is 38.8 Å². The van der Waals surface area contributed by atoms with Crippen LogP contribution < -0.4 is 4.74 Å². The summed E-state index contributed by atoms with van der Waals surface area (Å²) in [5, 5.41) is 0. The largest absolute Gasteiger partial charge is 0.481 e. The number of hydrogen-bond donors (Lipinski definition) is 0. The quantitative estimate of drug-likeness (QED) is 0.734. The summed E-state index contributed by atoms with van der Waals surface area (Å²) in [4.78, 5) is 3.52. The topological polar surface area (TPSA) is 22.1 Å². The molecule has 1 rings (SSSR count). The SMILES string of the molecule is CC.CC.COc1ncc(C(F)(F)F)cc1C. The zero-order valence-corrected chi connectivity index (χ0v) is 11.1. The van der Waals surface area contributed by atoms with Gasteiger partial charge >= 0.3 is 6.18 Å². The molecule has 0 spiro atoms. The molecule has 0 aliphatic rings. The molecule has 5 heteroatoms. The maximum atomic E-state index is 12.1. The van der Waals surface area contributed by atoms with Crippen molar-refractivity contribution >= 4 is 0 Å². The highest BCUT2D eigenvalue weighted by molar-refractivity contribution is 5.29. The monoisotopic (exact) mass is 251 g/mol. The second kappa shape index (κ2) is 8.84. The van der Waals surface area contributed by atoms with E-state index in [-0.39, 0.29) is 5.88 Å². The van der Waals surface area contributed by atoms with Gasteiger partial charge in [0.25, 0.3) is 0 Å². The van der Waals surface area contributed by atoms with E-state index in [1.54, 1.807) is 0 Å². The zero-order valence-electron chi connectivity index (χ0n) is 11.1. The first-order valence-electron chi connectivity index (χ1n) is 5.53. The minimum Gasteiger partial charge on any atom is -0.481 e. The van der Waals surface area contributed by atoms with Crippen LogP contribution in [0.4, 0.5) is 13.2 Å². The van der Waals surface area contributed by atoms with Gasteiger partial charge in [0.05, 0.1) is 12.7 Å². The number of rotatable bonds is 1. The molecule has 0 bridgehead atoms. The van der Waals surface area contributed by atoms with Crippen molar-refractivity contribution in [3.8, 4) is 5.88 Å². The van der Waals surface area contributed by atoms with Crippen molar-refractivity contribution in [2.75, 3.05) is 7.11 Å². The molecule has 0 N–H and O–H groups in total. The van der Waals surface area contributed by atoms with Gasteiger partial charge < -0.3 is 4.74 Å². The van der Waals surface area contributed by atoms with Crippen molar-refractivity contribution in [1.29, 1.82) is 0 Å². The minimum absolute atomic E-state index is 0.216. The Hall–Kier alpha value is -1.26. The first kappa shape index (κ1) is 18.1. The lowest BCUT2D eigenvalue weighted by Crippen LogP contribution is -2.06. The van der Waals surface area contributed by atoms with E-state index >= 15 is 0 Å². The first-order chi connectivity index (χ1) is 7.95. The molecular weight excluding hydrogens is 231 g/mol. The fourth-order valence-corrected chi connectivity index (χ4v) is 0.931. The van der Waals surface area contributed by atoms with Gasteiger partial charge in [-0.1, -0.05) is 27.7 Å². The van der Waals surface area contributed by atoms with Gasteiger partial charge in [-0.15, -0.1) is 0 Å². The molecule has 100 valence electrons. The Morgan fingerprint density at radius 1 is 1.12 bits per heavy atom. The number of pyridine rings is 1. The Bertz CT molecular complexity index is 311. The fourth-order valence-electron chi connectivity index (χ4n) is 0.931. The van der Waals surface area contributed by atoms with E-state index < -0.39 is 11.7 Å². The van der Waals surface area contributed by atoms with Gasteiger partial charge in [0, 0.05) is 11.8 Å². The smallest absolute Gasteiger partial charge is 0.417 e. The fraction of sp³-hybridized carbons (Fsp3) is 0.583. The van der Waals surface area contributed by atoms with Gasteiger partial charge in [-0.2, -0.15) is 13.2 Å². The van der Waals surface area contributed by atoms with Gasteiger partial charge in [-0.05, 0) is 13.0 Å². The molecule has 0 aliphatic heterocycles. The van der Waals surface area contributed by atoms with E-state index in [2.05, 4.69) is 4.98 Å². The van der Waals surface area contributed by atoms with Crippen molar-refractivity contribution in [3.05, 3.63) is 23.4 Å². The molecular formula is C12H20F3NO. The van der Waals surface area contributed by atoms with Crippen LogP contribution in [-0.4, -0.2) is 12.1 Å². The lowest BCUT2D eigenvalue weighted by Gasteiger charge is -2.08. The maximum Gasteiger partial charge on any atom is 0.417 e. The third-order valence-electron chi connectivity index (χ3n) is 1.55. The number of aromatic nitrogens is 1. The third-order valence-corrected chi connectivity index (χ3v) is 1.55. The van der Waals surface area contributed by atoms with Crippen LogP contribution in [0, 0.1) is 6.92 Å². The van der Waals surface area contributed by atoms with Gasteiger partial charge in [0.2, 0.25) is 5.88 Å². The average Bonchev–Trinajstić information content (AvgIpc) is 2.33.